The zero-order valence-corrected chi connectivity index (χ0v) is 14.4. The van der Waals surface area contributed by atoms with E-state index in [1.807, 2.05) is 0 Å². The van der Waals surface area contributed by atoms with Gasteiger partial charge in [-0.1, -0.05) is 11.6 Å². The Morgan fingerprint density at radius 2 is 1.85 bits per heavy atom. The van der Waals surface area contributed by atoms with Crippen LogP contribution < -0.4 is 14.9 Å². The Kier molecular flexibility index (Phi) is 5.43. The van der Waals surface area contributed by atoms with Crippen LogP contribution in [-0.2, 0) is 4.79 Å². The Bertz CT molecular complexity index is 977. The average Bonchev–Trinajstić information content (AvgIpc) is 2.63. The number of benzene rings is 2. The number of hydrogen-bond acceptors (Lipinski definition) is 5. The summed E-state index contributed by atoms with van der Waals surface area (Å²) in [6.45, 7) is 0.264. The van der Waals surface area contributed by atoms with Crippen molar-refractivity contribution in [3.63, 3.8) is 0 Å². The summed E-state index contributed by atoms with van der Waals surface area (Å²) in [5.41, 5.74) is 0.0489. The van der Waals surface area contributed by atoms with Gasteiger partial charge in [-0.05, 0) is 42.8 Å². The lowest BCUT2D eigenvalue weighted by Gasteiger charge is -2.08. The number of halogens is 1. The molecule has 26 heavy (non-hydrogen) atoms. The first-order valence-electron chi connectivity index (χ1n) is 7.86. The monoisotopic (exact) mass is 374 g/mol. The lowest BCUT2D eigenvalue weighted by Crippen LogP contribution is -2.05. The molecule has 134 valence electrons. The van der Waals surface area contributed by atoms with Crippen LogP contribution in [0.25, 0.3) is 11.0 Å². The minimum absolute atomic E-state index is 0.0358. The highest BCUT2D eigenvalue weighted by atomic mass is 35.5. The first-order chi connectivity index (χ1) is 12.5. The molecule has 0 saturated heterocycles. The minimum atomic E-state index is -0.869. The van der Waals surface area contributed by atoms with Crippen LogP contribution in [0.2, 0.25) is 5.02 Å². The molecule has 0 fully saturated rings. The van der Waals surface area contributed by atoms with Crippen molar-refractivity contribution in [3.05, 3.63) is 64.0 Å². The van der Waals surface area contributed by atoms with Gasteiger partial charge in [0, 0.05) is 17.5 Å². The molecule has 0 bridgehead atoms. The first-order valence-corrected chi connectivity index (χ1v) is 8.24. The molecule has 0 unspecified atom stereocenters. The Hall–Kier alpha value is -2.99. The van der Waals surface area contributed by atoms with E-state index in [1.54, 1.807) is 42.5 Å². The number of hydrogen-bond donors (Lipinski definition) is 1. The van der Waals surface area contributed by atoms with Crippen molar-refractivity contribution in [2.75, 3.05) is 6.61 Å². The maximum Gasteiger partial charge on any atom is 0.303 e. The summed E-state index contributed by atoms with van der Waals surface area (Å²) < 4.78 is 16.5. The molecule has 3 rings (SSSR count). The average molecular weight is 375 g/mol. The number of carboxylic acids is 1. The normalized spacial score (nSPS) is 10.7. The molecule has 0 aliphatic carbocycles. The minimum Gasteiger partial charge on any atom is -0.493 e. The second-order valence-electron chi connectivity index (χ2n) is 5.49. The number of carbonyl (C=O) groups is 1. The molecule has 0 saturated carbocycles. The van der Waals surface area contributed by atoms with Crippen molar-refractivity contribution in [1.29, 1.82) is 0 Å². The third-order valence-electron chi connectivity index (χ3n) is 3.56. The third-order valence-corrected chi connectivity index (χ3v) is 3.81. The fourth-order valence-electron chi connectivity index (χ4n) is 2.29. The number of rotatable bonds is 7. The van der Waals surface area contributed by atoms with Crippen LogP contribution in [-0.4, -0.2) is 17.7 Å². The molecule has 6 nitrogen and oxygen atoms in total. The highest BCUT2D eigenvalue weighted by Gasteiger charge is 2.10. The smallest absolute Gasteiger partial charge is 0.303 e. The van der Waals surface area contributed by atoms with Crippen LogP contribution in [0.15, 0.2) is 57.9 Å². The highest BCUT2D eigenvalue weighted by Crippen LogP contribution is 2.25. The van der Waals surface area contributed by atoms with Crippen molar-refractivity contribution in [2.45, 2.75) is 12.8 Å². The SMILES string of the molecule is O=C(O)CCCOc1ccc2c(=O)c(Oc3ccc(Cl)cc3)coc2c1. The van der Waals surface area contributed by atoms with Gasteiger partial charge in [-0.25, -0.2) is 0 Å². The Morgan fingerprint density at radius 1 is 1.12 bits per heavy atom. The largest absolute Gasteiger partial charge is 0.493 e. The molecule has 0 aliphatic rings. The van der Waals surface area contributed by atoms with Crippen LogP contribution in [0.3, 0.4) is 0 Å². The van der Waals surface area contributed by atoms with E-state index in [1.165, 1.54) is 6.26 Å². The van der Waals surface area contributed by atoms with E-state index in [-0.39, 0.29) is 24.2 Å². The summed E-state index contributed by atoms with van der Waals surface area (Å²) in [7, 11) is 0. The molecule has 0 atom stereocenters. The summed E-state index contributed by atoms with van der Waals surface area (Å²) in [6, 6.07) is 11.4. The van der Waals surface area contributed by atoms with Crippen molar-refractivity contribution in [3.8, 4) is 17.2 Å². The molecule has 1 N–H and O–H groups in total. The molecular weight excluding hydrogens is 360 g/mol. The number of ether oxygens (including phenoxy) is 2. The fraction of sp³-hybridized carbons (Fsp3) is 0.158. The van der Waals surface area contributed by atoms with Gasteiger partial charge in [0.2, 0.25) is 11.2 Å². The predicted molar refractivity (Wildman–Crippen MR) is 96.4 cm³/mol. The molecule has 1 aromatic heterocycles. The van der Waals surface area contributed by atoms with E-state index >= 15 is 0 Å². The molecule has 0 spiro atoms. The molecule has 1 heterocycles. The van der Waals surface area contributed by atoms with E-state index in [9.17, 15) is 9.59 Å². The molecule has 0 radical (unpaired) electrons. The van der Waals surface area contributed by atoms with E-state index in [0.29, 0.717) is 33.9 Å². The van der Waals surface area contributed by atoms with Gasteiger partial charge in [-0.15, -0.1) is 0 Å². The van der Waals surface area contributed by atoms with E-state index in [4.69, 9.17) is 30.6 Å². The molecule has 7 heteroatoms. The van der Waals surface area contributed by atoms with E-state index in [2.05, 4.69) is 0 Å². The van der Waals surface area contributed by atoms with Crippen LogP contribution in [0.4, 0.5) is 0 Å². The van der Waals surface area contributed by atoms with Crippen molar-refractivity contribution in [2.24, 2.45) is 0 Å². The molecule has 0 amide bonds. The van der Waals surface area contributed by atoms with Gasteiger partial charge in [-0.3, -0.25) is 9.59 Å². The summed E-state index contributed by atoms with van der Waals surface area (Å²) in [5, 5.41) is 9.53. The number of fused-ring (bicyclic) bond motifs is 1. The zero-order chi connectivity index (χ0) is 18.5. The van der Waals surface area contributed by atoms with Gasteiger partial charge in [-0.2, -0.15) is 0 Å². The Morgan fingerprint density at radius 3 is 2.58 bits per heavy atom. The van der Waals surface area contributed by atoms with E-state index in [0.717, 1.165) is 0 Å². The Balaban J connectivity index is 1.76. The van der Waals surface area contributed by atoms with Crippen LogP contribution >= 0.6 is 11.6 Å². The maximum atomic E-state index is 12.5. The second kappa shape index (κ2) is 7.93. The highest BCUT2D eigenvalue weighted by molar-refractivity contribution is 6.30. The number of aliphatic carboxylic acids is 1. The van der Waals surface area contributed by atoms with Crippen molar-refractivity contribution >= 4 is 28.5 Å². The summed E-state index contributed by atoms with van der Waals surface area (Å²) >= 11 is 5.82. The summed E-state index contributed by atoms with van der Waals surface area (Å²) in [6.07, 6.45) is 1.67. The molecule has 2 aromatic carbocycles. The van der Waals surface area contributed by atoms with Gasteiger partial charge in [0.1, 0.15) is 23.3 Å². The van der Waals surface area contributed by atoms with Crippen LogP contribution in [0, 0.1) is 0 Å². The number of carboxylic acid groups (broad SMARTS) is 1. The second-order valence-corrected chi connectivity index (χ2v) is 5.93. The van der Waals surface area contributed by atoms with Gasteiger partial charge in [0.15, 0.2) is 0 Å². The zero-order valence-electron chi connectivity index (χ0n) is 13.6. The van der Waals surface area contributed by atoms with Gasteiger partial charge >= 0.3 is 5.97 Å². The van der Waals surface area contributed by atoms with Crippen molar-refractivity contribution in [1.82, 2.24) is 0 Å². The van der Waals surface area contributed by atoms with Gasteiger partial charge in [0.05, 0.1) is 12.0 Å². The topological polar surface area (TPSA) is 86.0 Å². The van der Waals surface area contributed by atoms with E-state index < -0.39 is 5.97 Å². The van der Waals surface area contributed by atoms with Crippen LogP contribution in [0.5, 0.6) is 17.2 Å². The molecule has 0 aliphatic heterocycles. The third kappa shape index (κ3) is 4.34. The van der Waals surface area contributed by atoms with Crippen LogP contribution in [0.1, 0.15) is 12.8 Å². The fourth-order valence-corrected chi connectivity index (χ4v) is 2.42. The molecular formula is C19H15ClO6. The lowest BCUT2D eigenvalue weighted by molar-refractivity contribution is -0.137. The van der Waals surface area contributed by atoms with Gasteiger partial charge in [0.25, 0.3) is 0 Å². The maximum absolute atomic E-state index is 12.5. The molecule has 3 aromatic rings. The quantitative estimate of drug-likeness (QED) is 0.613. The predicted octanol–water partition coefficient (Wildman–Crippen LogP) is 4.48. The first kappa shape index (κ1) is 17.8. The Labute approximate surface area is 153 Å². The van der Waals surface area contributed by atoms with Gasteiger partial charge < -0.3 is 19.0 Å². The standard InChI is InChI=1S/C19H15ClO6/c20-12-3-5-13(6-4-12)26-17-11-25-16-10-14(7-8-15(16)19(17)23)24-9-1-2-18(21)22/h3-8,10-11H,1-2,9H2,(H,21,22). The lowest BCUT2D eigenvalue weighted by atomic mass is 10.2. The van der Waals surface area contributed by atoms with Crippen molar-refractivity contribution < 1.29 is 23.8 Å². The summed E-state index contributed by atoms with van der Waals surface area (Å²) in [5.74, 6) is 0.165. The summed E-state index contributed by atoms with van der Waals surface area (Å²) in [4.78, 5) is 23.0.